The van der Waals surface area contributed by atoms with E-state index in [-0.39, 0.29) is 11.7 Å². The lowest BCUT2D eigenvalue weighted by molar-refractivity contribution is 0.0994. The van der Waals surface area contributed by atoms with Gasteiger partial charge >= 0.3 is 0 Å². The van der Waals surface area contributed by atoms with E-state index in [0.29, 0.717) is 27.4 Å². The fraction of sp³-hybridized carbons (Fsp3) is 0.167. The van der Waals surface area contributed by atoms with Gasteiger partial charge in [0.15, 0.2) is 5.89 Å². The molecule has 0 saturated heterocycles. The van der Waals surface area contributed by atoms with Gasteiger partial charge in [0.25, 0.3) is 5.91 Å². The van der Waals surface area contributed by atoms with Gasteiger partial charge in [-0.25, -0.2) is 4.98 Å². The van der Waals surface area contributed by atoms with Crippen LogP contribution in [0.25, 0.3) is 0 Å². The van der Waals surface area contributed by atoms with Gasteiger partial charge in [-0.1, -0.05) is 15.9 Å². The molecule has 1 aromatic carbocycles. The van der Waals surface area contributed by atoms with E-state index in [0.717, 1.165) is 4.47 Å². The number of anilines is 2. The smallest absolute Gasteiger partial charge is 0.293 e. The average molecular weight is 389 g/mol. The molecular weight excluding hydrogens is 378 g/mol. The summed E-state index contributed by atoms with van der Waals surface area (Å²) in [6.07, 6.45) is 0. The van der Waals surface area contributed by atoms with Crippen LogP contribution in [0.15, 0.2) is 25.5 Å². The van der Waals surface area contributed by atoms with Gasteiger partial charge in [-0.2, -0.15) is 0 Å². The summed E-state index contributed by atoms with van der Waals surface area (Å²) in [5.74, 6) is 0.255. The quantitative estimate of drug-likeness (QED) is 0.769. The van der Waals surface area contributed by atoms with Crippen molar-refractivity contribution in [3.8, 4) is 0 Å². The summed E-state index contributed by atoms with van der Waals surface area (Å²) < 4.78 is 6.77. The highest BCUT2D eigenvalue weighted by molar-refractivity contribution is 9.11. The standard InChI is InChI=1S/C12H11Br2N3O2/c1-5-11(19-6(2)16-5)12(18)17-10-8(14)3-7(13)4-9(10)15/h3-4H,15H2,1-2H3,(H,17,18). The number of hydrogen-bond donors (Lipinski definition) is 2. The van der Waals surface area contributed by atoms with E-state index in [1.54, 1.807) is 26.0 Å². The highest BCUT2D eigenvalue weighted by Crippen LogP contribution is 2.33. The molecule has 1 heterocycles. The lowest BCUT2D eigenvalue weighted by Crippen LogP contribution is -2.14. The van der Waals surface area contributed by atoms with Crippen LogP contribution in [0.5, 0.6) is 0 Å². The molecule has 1 amide bonds. The summed E-state index contributed by atoms with van der Waals surface area (Å²) in [4.78, 5) is 16.2. The van der Waals surface area contributed by atoms with E-state index in [1.165, 1.54) is 0 Å². The Morgan fingerprint density at radius 2 is 2.05 bits per heavy atom. The molecule has 0 bridgehead atoms. The SMILES string of the molecule is Cc1nc(C)c(C(=O)Nc2c(N)cc(Br)cc2Br)o1. The summed E-state index contributed by atoms with van der Waals surface area (Å²) in [7, 11) is 0. The zero-order valence-corrected chi connectivity index (χ0v) is 13.4. The molecule has 0 unspecified atom stereocenters. The van der Waals surface area contributed by atoms with Crippen LogP contribution in [-0.4, -0.2) is 10.9 Å². The molecule has 0 radical (unpaired) electrons. The molecule has 0 saturated carbocycles. The second kappa shape index (κ2) is 5.34. The molecule has 3 N–H and O–H groups in total. The van der Waals surface area contributed by atoms with Crippen molar-refractivity contribution >= 4 is 49.1 Å². The summed E-state index contributed by atoms with van der Waals surface area (Å²) in [6.45, 7) is 3.40. The van der Waals surface area contributed by atoms with E-state index >= 15 is 0 Å². The van der Waals surface area contributed by atoms with E-state index in [1.807, 2.05) is 0 Å². The first-order chi connectivity index (χ1) is 8.88. The molecule has 7 heteroatoms. The number of carbonyl (C=O) groups excluding carboxylic acids is 1. The highest BCUT2D eigenvalue weighted by atomic mass is 79.9. The largest absolute Gasteiger partial charge is 0.436 e. The zero-order chi connectivity index (χ0) is 14.2. The number of nitrogens with one attached hydrogen (secondary N) is 1. The van der Waals surface area contributed by atoms with Gasteiger partial charge in [0, 0.05) is 15.9 Å². The second-order valence-electron chi connectivity index (χ2n) is 3.95. The van der Waals surface area contributed by atoms with Gasteiger partial charge in [0.2, 0.25) is 5.76 Å². The minimum atomic E-state index is -0.382. The number of carbonyl (C=O) groups is 1. The molecule has 19 heavy (non-hydrogen) atoms. The lowest BCUT2D eigenvalue weighted by atomic mass is 10.2. The minimum absolute atomic E-state index is 0.187. The van der Waals surface area contributed by atoms with Crippen LogP contribution in [0.3, 0.4) is 0 Å². The zero-order valence-electron chi connectivity index (χ0n) is 10.3. The van der Waals surface area contributed by atoms with Gasteiger partial charge in [0.1, 0.15) is 0 Å². The van der Waals surface area contributed by atoms with Crippen LogP contribution in [0, 0.1) is 13.8 Å². The third-order valence-corrected chi connectivity index (χ3v) is 3.52. The Labute approximate surface area is 126 Å². The molecule has 0 aliphatic heterocycles. The molecule has 0 fully saturated rings. The van der Waals surface area contributed by atoms with Crippen molar-refractivity contribution in [2.45, 2.75) is 13.8 Å². The highest BCUT2D eigenvalue weighted by Gasteiger charge is 2.18. The van der Waals surface area contributed by atoms with Gasteiger partial charge < -0.3 is 15.5 Å². The van der Waals surface area contributed by atoms with Crippen molar-refractivity contribution in [1.82, 2.24) is 4.98 Å². The summed E-state index contributed by atoms with van der Waals surface area (Å²) >= 11 is 6.67. The lowest BCUT2D eigenvalue weighted by Gasteiger charge is -2.10. The number of aryl methyl sites for hydroxylation is 2. The Balaban J connectivity index is 2.32. The number of nitrogen functional groups attached to an aromatic ring is 1. The summed E-state index contributed by atoms with van der Waals surface area (Å²) in [6, 6.07) is 3.50. The van der Waals surface area contributed by atoms with Gasteiger partial charge in [0.05, 0.1) is 17.1 Å². The number of hydrogen-bond acceptors (Lipinski definition) is 4. The van der Waals surface area contributed by atoms with Gasteiger partial charge in [-0.05, 0) is 35.0 Å². The number of oxazole rings is 1. The molecule has 5 nitrogen and oxygen atoms in total. The minimum Gasteiger partial charge on any atom is -0.436 e. The maximum absolute atomic E-state index is 12.1. The van der Waals surface area contributed by atoms with E-state index in [9.17, 15) is 4.79 Å². The first kappa shape index (κ1) is 14.1. The Morgan fingerprint density at radius 3 is 2.58 bits per heavy atom. The number of nitrogens with zero attached hydrogens (tertiary/aromatic N) is 1. The first-order valence-corrected chi connectivity index (χ1v) is 6.97. The average Bonchev–Trinajstić information content (AvgIpc) is 2.62. The van der Waals surface area contributed by atoms with E-state index in [4.69, 9.17) is 10.2 Å². The maximum Gasteiger partial charge on any atom is 0.293 e. The molecule has 0 spiro atoms. The number of aromatic nitrogens is 1. The fourth-order valence-corrected chi connectivity index (χ4v) is 3.00. The number of rotatable bonds is 2. The van der Waals surface area contributed by atoms with Crippen molar-refractivity contribution in [2.75, 3.05) is 11.1 Å². The molecule has 2 rings (SSSR count). The topological polar surface area (TPSA) is 81.2 Å². The normalized spacial score (nSPS) is 10.5. The predicted octanol–water partition coefficient (Wildman–Crippen LogP) is 3.65. The second-order valence-corrected chi connectivity index (χ2v) is 5.72. The predicted molar refractivity (Wildman–Crippen MR) is 80.2 cm³/mol. The number of halogens is 2. The third kappa shape index (κ3) is 2.98. The van der Waals surface area contributed by atoms with Crippen LogP contribution in [-0.2, 0) is 0 Å². The molecule has 0 aliphatic rings. The third-order valence-electron chi connectivity index (χ3n) is 2.43. The Bertz CT molecular complexity index is 629. The van der Waals surface area contributed by atoms with Crippen LogP contribution in [0.4, 0.5) is 11.4 Å². The van der Waals surface area contributed by atoms with E-state index < -0.39 is 0 Å². The van der Waals surface area contributed by atoms with E-state index in [2.05, 4.69) is 42.2 Å². The first-order valence-electron chi connectivity index (χ1n) is 5.38. The van der Waals surface area contributed by atoms with Crippen LogP contribution >= 0.6 is 31.9 Å². The molecule has 100 valence electrons. The molecule has 0 aliphatic carbocycles. The Kier molecular flexibility index (Phi) is 3.96. The van der Waals surface area contributed by atoms with Gasteiger partial charge in [-0.15, -0.1) is 0 Å². The van der Waals surface area contributed by atoms with Crippen LogP contribution < -0.4 is 11.1 Å². The maximum atomic E-state index is 12.1. The van der Waals surface area contributed by atoms with Crippen molar-refractivity contribution < 1.29 is 9.21 Å². The van der Waals surface area contributed by atoms with Crippen molar-refractivity contribution in [1.29, 1.82) is 0 Å². The molecule has 0 atom stereocenters. The molecule has 2 aromatic rings. The van der Waals surface area contributed by atoms with Crippen LogP contribution in [0.2, 0.25) is 0 Å². The Morgan fingerprint density at radius 1 is 1.37 bits per heavy atom. The monoisotopic (exact) mass is 387 g/mol. The number of nitrogens with two attached hydrogens (primary N) is 1. The summed E-state index contributed by atoms with van der Waals surface area (Å²) in [5.41, 5.74) is 7.36. The molecular formula is C12H11Br2N3O2. The van der Waals surface area contributed by atoms with Crippen molar-refractivity contribution in [3.05, 3.63) is 38.4 Å². The fourth-order valence-electron chi connectivity index (χ4n) is 1.64. The Hall–Kier alpha value is -1.34. The summed E-state index contributed by atoms with van der Waals surface area (Å²) in [5, 5.41) is 2.71. The number of amides is 1. The van der Waals surface area contributed by atoms with Crippen molar-refractivity contribution in [2.24, 2.45) is 0 Å². The van der Waals surface area contributed by atoms with Gasteiger partial charge in [-0.3, -0.25) is 4.79 Å². The van der Waals surface area contributed by atoms with Crippen LogP contribution in [0.1, 0.15) is 22.1 Å². The van der Waals surface area contributed by atoms with Crippen molar-refractivity contribution in [3.63, 3.8) is 0 Å². The molecule has 1 aromatic heterocycles. The number of benzene rings is 1.